The van der Waals surface area contributed by atoms with Crippen molar-refractivity contribution in [1.29, 1.82) is 0 Å². The van der Waals surface area contributed by atoms with E-state index in [9.17, 15) is 39.1 Å². The molecule has 124 valence electrons. The van der Waals surface area contributed by atoms with Gasteiger partial charge in [-0.1, -0.05) is 0 Å². The van der Waals surface area contributed by atoms with Crippen molar-refractivity contribution in [3.8, 4) is 34.5 Å². The Kier molecular flexibility index (Phi) is 3.69. The van der Waals surface area contributed by atoms with E-state index in [1.165, 1.54) is 13.8 Å². The molecule has 2 aromatic carbocycles. The zero-order valence-corrected chi connectivity index (χ0v) is 12.9. The summed E-state index contributed by atoms with van der Waals surface area (Å²) in [6, 6.07) is 1.47. The second-order valence-electron chi connectivity index (χ2n) is 4.94. The highest BCUT2D eigenvalue weighted by Gasteiger charge is 2.29. The van der Waals surface area contributed by atoms with Crippen molar-refractivity contribution in [1.82, 2.24) is 0 Å². The Morgan fingerprint density at radius 1 is 0.652 bits per heavy atom. The van der Waals surface area contributed by atoms with Crippen LogP contribution in [0, 0.1) is 13.8 Å². The Labute approximate surface area is 131 Å². The molecular formula is C14H14O8S. The van der Waals surface area contributed by atoms with Crippen LogP contribution < -0.4 is 0 Å². The van der Waals surface area contributed by atoms with Crippen molar-refractivity contribution >= 4 is 9.84 Å². The highest BCUT2D eigenvalue weighted by atomic mass is 32.2. The highest BCUT2D eigenvalue weighted by Crippen LogP contribution is 2.45. The fourth-order valence-electron chi connectivity index (χ4n) is 2.11. The van der Waals surface area contributed by atoms with Gasteiger partial charge < -0.3 is 30.6 Å². The highest BCUT2D eigenvalue weighted by molar-refractivity contribution is 7.91. The van der Waals surface area contributed by atoms with Crippen LogP contribution in [0.1, 0.15) is 11.1 Å². The van der Waals surface area contributed by atoms with Crippen molar-refractivity contribution in [3.63, 3.8) is 0 Å². The minimum Gasteiger partial charge on any atom is -0.504 e. The minimum absolute atomic E-state index is 0.230. The summed E-state index contributed by atoms with van der Waals surface area (Å²) in [4.78, 5) is -1.06. The first-order valence-corrected chi connectivity index (χ1v) is 7.72. The van der Waals surface area contributed by atoms with E-state index in [2.05, 4.69) is 0 Å². The lowest BCUT2D eigenvalue weighted by Gasteiger charge is -2.15. The maximum absolute atomic E-state index is 12.7. The van der Waals surface area contributed by atoms with Crippen molar-refractivity contribution in [2.75, 3.05) is 0 Å². The molecule has 6 N–H and O–H groups in total. The van der Waals surface area contributed by atoms with Gasteiger partial charge in [-0.2, -0.15) is 0 Å². The van der Waals surface area contributed by atoms with Crippen molar-refractivity contribution in [2.24, 2.45) is 0 Å². The van der Waals surface area contributed by atoms with E-state index in [1.54, 1.807) is 0 Å². The number of hydrogen-bond donors (Lipinski definition) is 6. The third-order valence-electron chi connectivity index (χ3n) is 3.50. The Balaban J connectivity index is 2.85. The Hall–Kier alpha value is -2.81. The molecule has 0 saturated heterocycles. The fraction of sp³-hybridized carbons (Fsp3) is 0.143. The lowest BCUT2D eigenvalue weighted by molar-refractivity contribution is 0.363. The molecular weight excluding hydrogens is 328 g/mol. The second kappa shape index (κ2) is 5.13. The first-order valence-electron chi connectivity index (χ1n) is 6.24. The van der Waals surface area contributed by atoms with Crippen molar-refractivity contribution in [2.45, 2.75) is 23.6 Å². The van der Waals surface area contributed by atoms with Gasteiger partial charge in [0.1, 0.15) is 0 Å². The van der Waals surface area contributed by atoms with Gasteiger partial charge in [-0.25, -0.2) is 8.42 Å². The molecule has 0 saturated carbocycles. The van der Waals surface area contributed by atoms with E-state index in [4.69, 9.17) is 0 Å². The van der Waals surface area contributed by atoms with Crippen LogP contribution >= 0.6 is 0 Å². The molecule has 0 spiro atoms. The molecule has 0 aliphatic rings. The molecule has 9 heteroatoms. The normalized spacial score (nSPS) is 11.6. The molecule has 0 heterocycles. The lowest BCUT2D eigenvalue weighted by Crippen LogP contribution is -2.06. The summed E-state index contributed by atoms with van der Waals surface area (Å²) in [7, 11) is -4.39. The zero-order chi connectivity index (χ0) is 17.7. The van der Waals surface area contributed by atoms with Gasteiger partial charge in [0.15, 0.2) is 23.0 Å². The van der Waals surface area contributed by atoms with E-state index in [1.807, 2.05) is 0 Å². The third-order valence-corrected chi connectivity index (χ3v) is 5.50. The second-order valence-corrected chi connectivity index (χ2v) is 6.82. The molecule has 0 unspecified atom stereocenters. The van der Waals surface area contributed by atoms with E-state index in [-0.39, 0.29) is 11.1 Å². The summed E-state index contributed by atoms with van der Waals surface area (Å²) in [6.07, 6.45) is 0. The average Bonchev–Trinajstić information content (AvgIpc) is 2.49. The van der Waals surface area contributed by atoms with Gasteiger partial charge in [0.25, 0.3) is 0 Å². The van der Waals surface area contributed by atoms with E-state index >= 15 is 0 Å². The topological polar surface area (TPSA) is 156 Å². The number of aromatic hydroxyl groups is 6. The quantitative estimate of drug-likeness (QED) is 0.447. The van der Waals surface area contributed by atoms with Crippen LogP contribution in [0.25, 0.3) is 0 Å². The van der Waals surface area contributed by atoms with Crippen LogP contribution in [-0.4, -0.2) is 39.1 Å². The first-order chi connectivity index (χ1) is 10.5. The number of phenols is 6. The average molecular weight is 342 g/mol. The molecule has 0 aliphatic carbocycles. The molecule has 0 bridgehead atoms. The van der Waals surface area contributed by atoms with Crippen LogP contribution in [0.3, 0.4) is 0 Å². The number of phenolic OH excluding ortho intramolecular Hbond substituents is 6. The van der Waals surface area contributed by atoms with Gasteiger partial charge in [0.05, 0.1) is 9.79 Å². The molecule has 0 aromatic heterocycles. The maximum atomic E-state index is 12.7. The van der Waals surface area contributed by atoms with Crippen molar-refractivity contribution < 1.29 is 39.1 Å². The number of sulfone groups is 1. The van der Waals surface area contributed by atoms with E-state index in [0.29, 0.717) is 0 Å². The van der Waals surface area contributed by atoms with Crippen molar-refractivity contribution in [3.05, 3.63) is 23.3 Å². The number of rotatable bonds is 2. The standard InChI is InChI=1S/C14H14O8S/c1-5-9(3-7(15)13(19)11(5)17)23(21,22)10-4-8(16)14(20)12(18)6(10)2/h3-4,15-20H,1-2H3. The number of hydrogen-bond acceptors (Lipinski definition) is 8. The van der Waals surface area contributed by atoms with Gasteiger partial charge in [-0.05, 0) is 13.8 Å². The van der Waals surface area contributed by atoms with E-state index < -0.39 is 54.1 Å². The summed E-state index contributed by atoms with van der Waals surface area (Å²) in [5, 5.41) is 57.3. The van der Waals surface area contributed by atoms with Gasteiger partial charge in [0, 0.05) is 23.3 Å². The van der Waals surface area contributed by atoms with Gasteiger partial charge >= 0.3 is 0 Å². The number of benzene rings is 2. The van der Waals surface area contributed by atoms with Gasteiger partial charge in [0.2, 0.25) is 21.3 Å². The third kappa shape index (κ3) is 2.34. The summed E-state index contributed by atoms with van der Waals surface area (Å²) in [6.45, 7) is 2.41. The maximum Gasteiger partial charge on any atom is 0.207 e. The zero-order valence-electron chi connectivity index (χ0n) is 12.1. The Morgan fingerprint density at radius 2 is 0.957 bits per heavy atom. The predicted octanol–water partition coefficient (Wildman–Crippen LogP) is 1.37. The molecule has 0 fully saturated rings. The summed E-state index contributed by atoms with van der Waals surface area (Å²) < 4.78 is 25.4. The van der Waals surface area contributed by atoms with Gasteiger partial charge in [-0.3, -0.25) is 0 Å². The monoisotopic (exact) mass is 342 g/mol. The Morgan fingerprint density at radius 3 is 1.26 bits per heavy atom. The molecule has 23 heavy (non-hydrogen) atoms. The molecule has 8 nitrogen and oxygen atoms in total. The van der Waals surface area contributed by atoms with Crippen LogP contribution in [0.4, 0.5) is 0 Å². The lowest BCUT2D eigenvalue weighted by atomic mass is 10.2. The van der Waals surface area contributed by atoms with Crippen LogP contribution in [0.5, 0.6) is 34.5 Å². The molecule has 0 amide bonds. The van der Waals surface area contributed by atoms with Crippen LogP contribution in [0.15, 0.2) is 21.9 Å². The van der Waals surface area contributed by atoms with Crippen LogP contribution in [0.2, 0.25) is 0 Å². The molecule has 0 radical (unpaired) electrons. The molecule has 0 atom stereocenters. The smallest absolute Gasteiger partial charge is 0.207 e. The predicted molar refractivity (Wildman–Crippen MR) is 77.8 cm³/mol. The van der Waals surface area contributed by atoms with Crippen LogP contribution in [-0.2, 0) is 9.84 Å². The SMILES string of the molecule is Cc1c(S(=O)(=O)c2cc(O)c(O)c(O)c2C)cc(O)c(O)c1O. The molecule has 2 aromatic rings. The summed E-state index contributed by atoms with van der Waals surface area (Å²) in [5.41, 5.74) is -0.460. The van der Waals surface area contributed by atoms with Gasteiger partial charge in [-0.15, -0.1) is 0 Å². The molecule has 2 rings (SSSR count). The Bertz CT molecular complexity index is 846. The van der Waals surface area contributed by atoms with E-state index in [0.717, 1.165) is 12.1 Å². The summed E-state index contributed by atoms with van der Waals surface area (Å²) in [5.74, 6) is -5.06. The first kappa shape index (κ1) is 16.6. The largest absolute Gasteiger partial charge is 0.504 e. The summed E-state index contributed by atoms with van der Waals surface area (Å²) >= 11 is 0. The molecule has 0 aliphatic heterocycles. The minimum atomic E-state index is -4.39. The fourth-order valence-corrected chi connectivity index (χ4v) is 3.88.